The quantitative estimate of drug-likeness (QED) is 0.551. The molecule has 0 saturated heterocycles. The van der Waals surface area contributed by atoms with Gasteiger partial charge >= 0.3 is 0 Å². The van der Waals surface area contributed by atoms with Gasteiger partial charge in [-0.3, -0.25) is 10.0 Å². The summed E-state index contributed by atoms with van der Waals surface area (Å²) in [5.74, 6) is 0.246. The third-order valence-electron chi connectivity index (χ3n) is 3.64. The zero-order chi connectivity index (χ0) is 13.7. The van der Waals surface area contributed by atoms with Crippen LogP contribution in [0.1, 0.15) is 67.2 Å². The predicted molar refractivity (Wildman–Crippen MR) is 70.8 cm³/mol. The lowest BCUT2D eigenvalue weighted by Crippen LogP contribution is -2.40. The normalized spacial score (nSPS) is 14.5. The molecule has 0 aromatic heterocycles. The molecule has 1 amide bonds. The maximum atomic E-state index is 11.8. The monoisotopic (exact) mass is 243 g/mol. The van der Waals surface area contributed by atoms with Crippen LogP contribution in [0.25, 0.3) is 0 Å². The summed E-state index contributed by atoms with van der Waals surface area (Å²) in [7, 11) is 0. The molecule has 0 aliphatic rings. The van der Waals surface area contributed by atoms with E-state index in [2.05, 4.69) is 27.7 Å². The fourth-order valence-corrected chi connectivity index (χ4v) is 2.86. The van der Waals surface area contributed by atoms with E-state index in [4.69, 9.17) is 5.21 Å². The fourth-order valence-electron chi connectivity index (χ4n) is 2.86. The lowest BCUT2D eigenvalue weighted by molar-refractivity contribution is -0.141. The van der Waals surface area contributed by atoms with Gasteiger partial charge in [-0.2, -0.15) is 0 Å². The second-order valence-corrected chi connectivity index (χ2v) is 6.50. The van der Waals surface area contributed by atoms with Crippen LogP contribution in [0, 0.1) is 16.7 Å². The van der Waals surface area contributed by atoms with E-state index < -0.39 is 5.41 Å². The molecule has 3 heteroatoms. The van der Waals surface area contributed by atoms with Gasteiger partial charge in [-0.15, -0.1) is 0 Å². The Kier molecular flexibility index (Phi) is 6.17. The van der Waals surface area contributed by atoms with Crippen molar-refractivity contribution in [3.63, 3.8) is 0 Å². The molecule has 0 spiro atoms. The Labute approximate surface area is 106 Å². The summed E-state index contributed by atoms with van der Waals surface area (Å²) >= 11 is 0. The first-order valence-electron chi connectivity index (χ1n) is 6.65. The topological polar surface area (TPSA) is 49.3 Å². The Morgan fingerprint density at radius 2 is 1.65 bits per heavy atom. The molecule has 102 valence electrons. The van der Waals surface area contributed by atoms with Crippen LogP contribution in [0.5, 0.6) is 0 Å². The minimum atomic E-state index is -0.417. The van der Waals surface area contributed by atoms with Crippen molar-refractivity contribution < 1.29 is 10.0 Å². The molecule has 1 unspecified atom stereocenters. The van der Waals surface area contributed by atoms with Crippen molar-refractivity contribution in [1.29, 1.82) is 0 Å². The minimum absolute atomic E-state index is 0.233. The van der Waals surface area contributed by atoms with Gasteiger partial charge in [0.05, 0.1) is 5.41 Å². The van der Waals surface area contributed by atoms with Crippen molar-refractivity contribution in [3.8, 4) is 0 Å². The van der Waals surface area contributed by atoms with Crippen LogP contribution in [0.3, 0.4) is 0 Å². The van der Waals surface area contributed by atoms with E-state index in [0.29, 0.717) is 5.92 Å². The highest BCUT2D eigenvalue weighted by Crippen LogP contribution is 2.38. The van der Waals surface area contributed by atoms with Gasteiger partial charge in [0.1, 0.15) is 0 Å². The average Bonchev–Trinajstić information content (AvgIpc) is 2.22. The van der Waals surface area contributed by atoms with Gasteiger partial charge in [0.15, 0.2) is 0 Å². The summed E-state index contributed by atoms with van der Waals surface area (Å²) < 4.78 is 0. The Bertz CT molecular complexity index is 239. The number of hydrogen-bond donors (Lipinski definition) is 2. The number of hydroxylamine groups is 1. The van der Waals surface area contributed by atoms with E-state index in [-0.39, 0.29) is 11.3 Å². The third kappa shape index (κ3) is 5.07. The highest BCUT2D eigenvalue weighted by atomic mass is 16.5. The Hall–Kier alpha value is -0.570. The SMILES string of the molecule is CCC(CC)(CC(C)CC(C)(C)C)C(=O)NO. The van der Waals surface area contributed by atoms with Gasteiger partial charge in [-0.05, 0) is 37.0 Å². The third-order valence-corrected chi connectivity index (χ3v) is 3.64. The van der Waals surface area contributed by atoms with Gasteiger partial charge in [-0.25, -0.2) is 5.48 Å². The van der Waals surface area contributed by atoms with Gasteiger partial charge in [0.2, 0.25) is 5.91 Å². The van der Waals surface area contributed by atoms with E-state index in [1.54, 1.807) is 0 Å². The number of nitrogens with one attached hydrogen (secondary N) is 1. The Morgan fingerprint density at radius 1 is 1.18 bits per heavy atom. The molecule has 0 saturated carbocycles. The van der Waals surface area contributed by atoms with Crippen LogP contribution in [-0.4, -0.2) is 11.1 Å². The number of rotatable bonds is 6. The number of carbonyl (C=O) groups is 1. The Balaban J connectivity index is 4.71. The molecule has 0 aliphatic heterocycles. The summed E-state index contributed by atoms with van der Waals surface area (Å²) in [5, 5.41) is 8.88. The minimum Gasteiger partial charge on any atom is -0.289 e. The van der Waals surface area contributed by atoms with Crippen molar-refractivity contribution in [2.24, 2.45) is 16.7 Å². The first kappa shape index (κ1) is 16.4. The lowest BCUT2D eigenvalue weighted by atomic mass is 9.71. The molecule has 0 radical (unpaired) electrons. The van der Waals surface area contributed by atoms with Crippen molar-refractivity contribution in [2.75, 3.05) is 0 Å². The summed E-state index contributed by atoms with van der Waals surface area (Å²) in [6, 6.07) is 0. The van der Waals surface area contributed by atoms with Crippen molar-refractivity contribution >= 4 is 5.91 Å². The maximum Gasteiger partial charge on any atom is 0.249 e. The van der Waals surface area contributed by atoms with Crippen LogP contribution in [0.4, 0.5) is 0 Å². The zero-order valence-corrected chi connectivity index (χ0v) is 12.3. The maximum absolute atomic E-state index is 11.8. The molecule has 0 bridgehead atoms. The fraction of sp³-hybridized carbons (Fsp3) is 0.929. The zero-order valence-electron chi connectivity index (χ0n) is 12.3. The highest BCUT2D eigenvalue weighted by molar-refractivity contribution is 5.81. The first-order valence-corrected chi connectivity index (χ1v) is 6.65. The molecule has 1 atom stereocenters. The first-order chi connectivity index (χ1) is 7.70. The molecular weight excluding hydrogens is 214 g/mol. The molecule has 17 heavy (non-hydrogen) atoms. The van der Waals surface area contributed by atoms with Crippen molar-refractivity contribution in [1.82, 2.24) is 5.48 Å². The number of amides is 1. The average molecular weight is 243 g/mol. The molecule has 0 aromatic rings. The second-order valence-electron chi connectivity index (χ2n) is 6.50. The van der Waals surface area contributed by atoms with Gasteiger partial charge in [0.25, 0.3) is 0 Å². The lowest BCUT2D eigenvalue weighted by Gasteiger charge is -2.34. The van der Waals surface area contributed by atoms with E-state index in [9.17, 15) is 4.79 Å². The van der Waals surface area contributed by atoms with Gasteiger partial charge in [0, 0.05) is 0 Å². The summed E-state index contributed by atoms with van der Waals surface area (Å²) in [4.78, 5) is 11.8. The molecule has 0 fully saturated rings. The molecular formula is C14H29NO2. The largest absolute Gasteiger partial charge is 0.289 e. The summed E-state index contributed by atoms with van der Waals surface area (Å²) in [6.45, 7) is 12.9. The van der Waals surface area contributed by atoms with Crippen LogP contribution >= 0.6 is 0 Å². The van der Waals surface area contributed by atoms with Gasteiger partial charge < -0.3 is 0 Å². The van der Waals surface area contributed by atoms with E-state index in [1.165, 1.54) is 0 Å². The smallest absolute Gasteiger partial charge is 0.249 e. The molecule has 2 N–H and O–H groups in total. The van der Waals surface area contributed by atoms with Crippen molar-refractivity contribution in [3.05, 3.63) is 0 Å². The Morgan fingerprint density at radius 3 is 1.94 bits per heavy atom. The van der Waals surface area contributed by atoms with Crippen LogP contribution in [0.2, 0.25) is 0 Å². The predicted octanol–water partition coefficient (Wildman–Crippen LogP) is 3.76. The second kappa shape index (κ2) is 6.39. The number of carbonyl (C=O) groups excluding carboxylic acids is 1. The highest BCUT2D eigenvalue weighted by Gasteiger charge is 2.36. The standard InChI is InChI=1S/C14H29NO2/c1-7-14(8-2,12(16)15-17)10-11(3)9-13(4,5)6/h11,17H,7-10H2,1-6H3,(H,15,16). The molecule has 0 aliphatic carbocycles. The molecule has 0 rings (SSSR count). The van der Waals surface area contributed by atoms with Crippen molar-refractivity contribution in [2.45, 2.75) is 67.2 Å². The molecule has 3 nitrogen and oxygen atoms in total. The van der Waals surface area contributed by atoms with Crippen LogP contribution in [-0.2, 0) is 4.79 Å². The summed E-state index contributed by atoms with van der Waals surface area (Å²) in [6.07, 6.45) is 3.46. The molecule has 0 aromatic carbocycles. The summed E-state index contributed by atoms with van der Waals surface area (Å²) in [5.41, 5.74) is 1.70. The van der Waals surface area contributed by atoms with Crippen LogP contribution < -0.4 is 5.48 Å². The van der Waals surface area contributed by atoms with E-state index in [0.717, 1.165) is 25.7 Å². The van der Waals surface area contributed by atoms with E-state index in [1.807, 2.05) is 19.3 Å². The number of hydrogen-bond acceptors (Lipinski definition) is 2. The molecule has 0 heterocycles. The van der Waals surface area contributed by atoms with Crippen LogP contribution in [0.15, 0.2) is 0 Å². The van der Waals surface area contributed by atoms with E-state index >= 15 is 0 Å². The van der Waals surface area contributed by atoms with Gasteiger partial charge in [-0.1, -0.05) is 41.5 Å².